The molecule has 2 heterocycles. The molecule has 1 unspecified atom stereocenters. The summed E-state index contributed by atoms with van der Waals surface area (Å²) in [7, 11) is 0.871. The third-order valence-electron chi connectivity index (χ3n) is 3.69. The van der Waals surface area contributed by atoms with Gasteiger partial charge >= 0.3 is 6.03 Å². The van der Waals surface area contributed by atoms with E-state index in [1.165, 1.54) is 0 Å². The van der Waals surface area contributed by atoms with E-state index in [2.05, 4.69) is 5.32 Å². The lowest BCUT2D eigenvalue weighted by molar-refractivity contribution is 0.172. The highest BCUT2D eigenvalue weighted by Gasteiger charge is 2.34. The van der Waals surface area contributed by atoms with Crippen molar-refractivity contribution in [2.45, 2.75) is 19.0 Å². The quantitative estimate of drug-likeness (QED) is 0.835. The average molecular weight is 345 g/mol. The van der Waals surface area contributed by atoms with E-state index in [0.29, 0.717) is 26.1 Å². The molecule has 1 aliphatic heterocycles. The van der Waals surface area contributed by atoms with E-state index >= 15 is 0 Å². The van der Waals surface area contributed by atoms with E-state index < -0.39 is 9.84 Å². The van der Waals surface area contributed by atoms with Crippen molar-refractivity contribution in [3.8, 4) is 0 Å². The summed E-state index contributed by atoms with van der Waals surface area (Å²) in [6.45, 7) is 1.72. The normalized spacial score (nSPS) is 20.2. The zero-order valence-electron chi connectivity index (χ0n) is 13.0. The van der Waals surface area contributed by atoms with Crippen LogP contribution in [-0.2, 0) is 16.4 Å². The van der Waals surface area contributed by atoms with Crippen molar-refractivity contribution in [2.24, 2.45) is 0 Å². The Morgan fingerprint density at radius 2 is 2.18 bits per heavy atom. The number of nitrogens with one attached hydrogen (secondary N) is 1. The molecule has 0 radical (unpaired) electrons. The fraction of sp³-hybridized carbons (Fsp3) is 0.643. The number of rotatable bonds is 6. The number of sulfone groups is 1. The van der Waals surface area contributed by atoms with Gasteiger partial charge in [-0.1, -0.05) is 6.07 Å². The van der Waals surface area contributed by atoms with Crippen molar-refractivity contribution in [3.05, 3.63) is 22.4 Å². The van der Waals surface area contributed by atoms with Crippen LogP contribution in [0.15, 0.2) is 17.5 Å². The third-order valence-corrected chi connectivity index (χ3v) is 6.32. The number of thiophene rings is 1. The first-order valence-corrected chi connectivity index (χ1v) is 9.99. The Bertz CT molecular complexity index is 584. The minimum atomic E-state index is -3.00. The molecule has 0 aliphatic carbocycles. The van der Waals surface area contributed by atoms with Crippen LogP contribution in [0.1, 0.15) is 11.3 Å². The van der Waals surface area contributed by atoms with Gasteiger partial charge in [-0.05, 0) is 32.0 Å². The molecule has 2 amide bonds. The Balaban J connectivity index is 1.98. The first-order chi connectivity index (χ1) is 10.4. The van der Waals surface area contributed by atoms with Gasteiger partial charge < -0.3 is 15.1 Å². The average Bonchev–Trinajstić information content (AvgIpc) is 3.06. The van der Waals surface area contributed by atoms with Gasteiger partial charge in [-0.3, -0.25) is 0 Å². The molecule has 1 atom stereocenters. The largest absolute Gasteiger partial charge is 0.333 e. The van der Waals surface area contributed by atoms with Gasteiger partial charge in [0.05, 0.1) is 18.1 Å². The minimum absolute atomic E-state index is 0.0762. The van der Waals surface area contributed by atoms with Crippen LogP contribution in [0.25, 0.3) is 0 Å². The molecule has 2 rings (SSSR count). The van der Waals surface area contributed by atoms with Crippen molar-refractivity contribution < 1.29 is 13.2 Å². The number of amides is 2. The van der Waals surface area contributed by atoms with Gasteiger partial charge in [0, 0.05) is 24.0 Å². The summed E-state index contributed by atoms with van der Waals surface area (Å²) < 4.78 is 23.4. The molecule has 0 aromatic carbocycles. The molecule has 0 spiro atoms. The molecule has 0 saturated carbocycles. The third kappa shape index (κ3) is 4.96. The number of carbonyl (C=O) groups excluding carboxylic acids is 1. The summed E-state index contributed by atoms with van der Waals surface area (Å²) in [6, 6.07) is 3.51. The highest BCUT2D eigenvalue weighted by atomic mass is 32.2. The maximum atomic E-state index is 12.5. The van der Waals surface area contributed by atoms with Gasteiger partial charge in [-0.25, -0.2) is 13.2 Å². The second kappa shape index (κ2) is 7.43. The molecule has 1 aromatic rings. The van der Waals surface area contributed by atoms with Crippen LogP contribution in [-0.4, -0.2) is 69.0 Å². The summed E-state index contributed by atoms with van der Waals surface area (Å²) in [5, 5.41) is 4.86. The number of urea groups is 1. The van der Waals surface area contributed by atoms with E-state index in [0.717, 1.165) is 4.88 Å². The zero-order chi connectivity index (χ0) is 16.2. The number of likely N-dealkylation sites (N-methyl/N-ethyl adjacent to an activating group) is 1. The van der Waals surface area contributed by atoms with Crippen molar-refractivity contribution in [1.29, 1.82) is 0 Å². The Kier molecular flexibility index (Phi) is 5.82. The number of hydrogen-bond acceptors (Lipinski definition) is 5. The molecular weight excluding hydrogens is 322 g/mol. The van der Waals surface area contributed by atoms with Gasteiger partial charge in [-0.15, -0.1) is 11.3 Å². The number of carbonyl (C=O) groups is 1. The van der Waals surface area contributed by atoms with Crippen LogP contribution in [0.3, 0.4) is 0 Å². The smallest absolute Gasteiger partial charge is 0.318 e. The zero-order valence-corrected chi connectivity index (χ0v) is 14.6. The Hall–Kier alpha value is -1.12. The van der Waals surface area contributed by atoms with E-state index in [1.54, 1.807) is 16.2 Å². The molecule has 8 heteroatoms. The summed E-state index contributed by atoms with van der Waals surface area (Å²) >= 11 is 1.59. The topological polar surface area (TPSA) is 69.7 Å². The molecule has 1 aliphatic rings. The van der Waals surface area contributed by atoms with Crippen LogP contribution >= 0.6 is 11.3 Å². The predicted molar refractivity (Wildman–Crippen MR) is 88.9 cm³/mol. The van der Waals surface area contributed by atoms with Crippen molar-refractivity contribution in [2.75, 3.05) is 38.7 Å². The van der Waals surface area contributed by atoms with Crippen LogP contribution in [0.5, 0.6) is 0 Å². The van der Waals surface area contributed by atoms with Crippen molar-refractivity contribution >= 4 is 27.2 Å². The highest BCUT2D eigenvalue weighted by molar-refractivity contribution is 7.91. The van der Waals surface area contributed by atoms with Gasteiger partial charge in [0.25, 0.3) is 0 Å². The van der Waals surface area contributed by atoms with Gasteiger partial charge in [0.1, 0.15) is 0 Å². The SMILES string of the molecule is CN(C)CCN(C(=O)NCc1cccs1)C1CCS(=O)(=O)C1. The van der Waals surface area contributed by atoms with Crippen LogP contribution in [0, 0.1) is 0 Å². The van der Waals surface area contributed by atoms with E-state index in [9.17, 15) is 13.2 Å². The second-order valence-corrected chi connectivity index (χ2v) is 9.05. The maximum Gasteiger partial charge on any atom is 0.318 e. The fourth-order valence-corrected chi connectivity index (χ4v) is 4.83. The van der Waals surface area contributed by atoms with Crippen LogP contribution < -0.4 is 5.32 Å². The molecular formula is C14H23N3O3S2. The second-order valence-electron chi connectivity index (χ2n) is 5.79. The molecule has 6 nitrogen and oxygen atoms in total. The standard InChI is InChI=1S/C14H23N3O3S2/c1-16(2)6-7-17(12-5-9-22(19,20)11-12)14(18)15-10-13-4-3-8-21-13/h3-4,8,12H,5-7,9-11H2,1-2H3,(H,15,18). The van der Waals surface area contributed by atoms with E-state index in [4.69, 9.17) is 0 Å². The molecule has 22 heavy (non-hydrogen) atoms. The summed E-state index contributed by atoms with van der Waals surface area (Å²) in [5.74, 6) is 0.251. The first-order valence-electron chi connectivity index (χ1n) is 7.29. The minimum Gasteiger partial charge on any atom is -0.333 e. The Labute approximate surface area is 136 Å². The Morgan fingerprint density at radius 1 is 1.41 bits per heavy atom. The summed E-state index contributed by atoms with van der Waals surface area (Å²) in [4.78, 5) is 17.2. The van der Waals surface area contributed by atoms with Crippen LogP contribution in [0.4, 0.5) is 4.79 Å². The Morgan fingerprint density at radius 3 is 2.73 bits per heavy atom. The van der Waals surface area contributed by atoms with Gasteiger partial charge in [0.2, 0.25) is 0 Å². The lowest BCUT2D eigenvalue weighted by Crippen LogP contribution is -2.48. The molecule has 1 fully saturated rings. The lowest BCUT2D eigenvalue weighted by atomic mass is 10.2. The number of hydrogen-bond donors (Lipinski definition) is 1. The molecule has 1 saturated heterocycles. The molecule has 124 valence electrons. The molecule has 1 aromatic heterocycles. The van der Waals surface area contributed by atoms with Gasteiger partial charge in [0.15, 0.2) is 9.84 Å². The number of nitrogens with zero attached hydrogens (tertiary/aromatic N) is 2. The van der Waals surface area contributed by atoms with Crippen LogP contribution in [0.2, 0.25) is 0 Å². The summed E-state index contributed by atoms with van der Waals surface area (Å²) in [5.41, 5.74) is 0. The monoisotopic (exact) mass is 345 g/mol. The van der Waals surface area contributed by atoms with Gasteiger partial charge in [-0.2, -0.15) is 0 Å². The molecule has 1 N–H and O–H groups in total. The molecule has 0 bridgehead atoms. The first kappa shape index (κ1) is 17.2. The lowest BCUT2D eigenvalue weighted by Gasteiger charge is -2.29. The van der Waals surface area contributed by atoms with E-state index in [-0.39, 0.29) is 23.6 Å². The maximum absolute atomic E-state index is 12.5. The van der Waals surface area contributed by atoms with E-state index in [1.807, 2.05) is 36.5 Å². The van der Waals surface area contributed by atoms with Crippen molar-refractivity contribution in [3.63, 3.8) is 0 Å². The predicted octanol–water partition coefficient (Wildman–Crippen LogP) is 1.01. The fourth-order valence-electron chi connectivity index (χ4n) is 2.46. The summed E-state index contributed by atoms with van der Waals surface area (Å²) in [6.07, 6.45) is 0.530. The highest BCUT2D eigenvalue weighted by Crippen LogP contribution is 2.18. The van der Waals surface area contributed by atoms with Crippen molar-refractivity contribution in [1.82, 2.24) is 15.1 Å².